The van der Waals surface area contributed by atoms with E-state index in [1.165, 1.54) is 43.5 Å². The number of alkyl halides is 6. The van der Waals surface area contributed by atoms with Gasteiger partial charge in [0.05, 0.1) is 23.7 Å². The molecule has 0 saturated heterocycles. The Labute approximate surface area is 223 Å². The third kappa shape index (κ3) is 7.25. The molecule has 0 radical (unpaired) electrons. The van der Waals surface area contributed by atoms with Gasteiger partial charge < -0.3 is 9.64 Å². The van der Waals surface area contributed by atoms with Gasteiger partial charge in [-0.2, -0.15) is 26.3 Å². The molecule has 39 heavy (non-hydrogen) atoms. The summed E-state index contributed by atoms with van der Waals surface area (Å²) in [5.41, 5.74) is -3.33. The number of benzene rings is 2. The largest absolute Gasteiger partial charge is 0.456 e. The molecule has 0 aliphatic rings. The number of carbonyl (C=O) groups excluding carboxylic acids is 2. The Bertz CT molecular complexity index is 1340. The zero-order valence-electron chi connectivity index (χ0n) is 20.3. The van der Waals surface area contributed by atoms with Gasteiger partial charge in [-0.25, -0.2) is 9.37 Å². The summed E-state index contributed by atoms with van der Waals surface area (Å²) >= 11 is 6.27. The molecular formula is C26H20ClF7N2O3. The topological polar surface area (TPSA) is 59.5 Å². The van der Waals surface area contributed by atoms with Gasteiger partial charge in [0.1, 0.15) is 11.0 Å². The summed E-state index contributed by atoms with van der Waals surface area (Å²) in [6.07, 6.45) is -8.97. The molecule has 208 valence electrons. The lowest BCUT2D eigenvalue weighted by Gasteiger charge is -2.31. The van der Waals surface area contributed by atoms with E-state index in [4.69, 9.17) is 16.3 Å². The lowest BCUT2D eigenvalue weighted by Crippen LogP contribution is -2.36. The molecule has 1 unspecified atom stereocenters. The maximum Gasteiger partial charge on any atom is 0.416 e. The minimum atomic E-state index is -5.12. The highest BCUT2D eigenvalue weighted by Gasteiger charge is 2.38. The van der Waals surface area contributed by atoms with Crippen LogP contribution >= 0.6 is 11.6 Å². The quantitative estimate of drug-likeness (QED) is 0.169. The maximum absolute atomic E-state index is 14.6. The molecule has 1 amide bonds. The van der Waals surface area contributed by atoms with Crippen LogP contribution in [-0.2, 0) is 33.2 Å². The fourth-order valence-electron chi connectivity index (χ4n) is 3.81. The van der Waals surface area contributed by atoms with Gasteiger partial charge in [0.15, 0.2) is 6.61 Å². The number of halogens is 8. The van der Waals surface area contributed by atoms with Crippen LogP contribution in [0, 0.1) is 5.82 Å². The van der Waals surface area contributed by atoms with Crippen molar-refractivity contribution >= 4 is 23.5 Å². The van der Waals surface area contributed by atoms with Crippen molar-refractivity contribution in [2.75, 3.05) is 6.61 Å². The van der Waals surface area contributed by atoms with Crippen molar-refractivity contribution in [2.24, 2.45) is 0 Å². The number of pyridine rings is 1. The van der Waals surface area contributed by atoms with Gasteiger partial charge in [-0.15, -0.1) is 0 Å². The van der Waals surface area contributed by atoms with Gasteiger partial charge in [-0.1, -0.05) is 29.8 Å². The number of carbonyl (C=O) groups is 2. The standard InChI is InChI=1S/C26H20ClF7N2O3/c1-14(16-9-17(25(29,30)31)11-18(10-16)26(32,33)34)36(23(38)13-39-15(2)37)12-21-19(7-8-35-24(21)27)20-5-3-4-6-22(20)28/h3-11,14H,12-13H2,1-2H3. The summed E-state index contributed by atoms with van der Waals surface area (Å²) in [5, 5.41) is -0.187. The Hall–Kier alpha value is -3.67. The second-order valence-corrected chi connectivity index (χ2v) is 8.78. The van der Waals surface area contributed by atoms with Gasteiger partial charge in [-0.05, 0) is 48.4 Å². The van der Waals surface area contributed by atoms with Gasteiger partial charge >= 0.3 is 18.3 Å². The first-order chi connectivity index (χ1) is 18.1. The molecule has 0 fully saturated rings. The molecule has 0 N–H and O–H groups in total. The Morgan fingerprint density at radius 3 is 2.10 bits per heavy atom. The predicted octanol–water partition coefficient (Wildman–Crippen LogP) is 7.23. The van der Waals surface area contributed by atoms with Crippen LogP contribution in [0.25, 0.3) is 11.1 Å². The van der Waals surface area contributed by atoms with E-state index >= 15 is 0 Å². The van der Waals surface area contributed by atoms with Crippen molar-refractivity contribution in [3.63, 3.8) is 0 Å². The number of hydrogen-bond acceptors (Lipinski definition) is 4. The first-order valence-corrected chi connectivity index (χ1v) is 11.6. The van der Waals surface area contributed by atoms with Gasteiger partial charge in [0.2, 0.25) is 0 Å². The molecule has 13 heteroatoms. The zero-order valence-corrected chi connectivity index (χ0v) is 21.1. The van der Waals surface area contributed by atoms with Crippen LogP contribution in [0.4, 0.5) is 30.7 Å². The summed E-state index contributed by atoms with van der Waals surface area (Å²) in [5.74, 6) is -2.46. The van der Waals surface area contributed by atoms with E-state index in [0.717, 1.165) is 11.8 Å². The maximum atomic E-state index is 14.6. The smallest absolute Gasteiger partial charge is 0.416 e. The summed E-state index contributed by atoms with van der Waals surface area (Å²) in [6, 6.07) is 6.49. The highest BCUT2D eigenvalue weighted by Crippen LogP contribution is 2.39. The van der Waals surface area contributed by atoms with E-state index in [-0.39, 0.29) is 27.9 Å². The molecule has 3 aromatic rings. The average Bonchev–Trinajstić information content (AvgIpc) is 2.85. The summed E-state index contributed by atoms with van der Waals surface area (Å²) in [7, 11) is 0. The Kier molecular flexibility index (Phi) is 8.89. The van der Waals surface area contributed by atoms with Crippen LogP contribution in [0.5, 0.6) is 0 Å². The number of ether oxygens (including phenoxy) is 1. The van der Waals surface area contributed by atoms with E-state index in [0.29, 0.717) is 12.1 Å². The van der Waals surface area contributed by atoms with Crippen LogP contribution in [0.15, 0.2) is 54.7 Å². The number of hydrogen-bond donors (Lipinski definition) is 0. The summed E-state index contributed by atoms with van der Waals surface area (Å²) in [6.45, 7) is 0.832. The second kappa shape index (κ2) is 11.6. The highest BCUT2D eigenvalue weighted by molar-refractivity contribution is 6.30. The molecule has 0 saturated carbocycles. The van der Waals surface area contributed by atoms with E-state index < -0.39 is 65.9 Å². The van der Waals surface area contributed by atoms with Crippen molar-refractivity contribution in [3.05, 3.63) is 88.0 Å². The minimum Gasteiger partial charge on any atom is -0.456 e. The fourth-order valence-corrected chi connectivity index (χ4v) is 4.03. The SMILES string of the molecule is CC(=O)OCC(=O)N(Cc1c(-c2ccccc2F)ccnc1Cl)C(C)c1cc(C(F)(F)F)cc(C(F)(F)F)c1. The fraction of sp³-hybridized carbons (Fsp3) is 0.269. The van der Waals surface area contributed by atoms with E-state index in [1.807, 2.05) is 0 Å². The lowest BCUT2D eigenvalue weighted by atomic mass is 9.97. The first-order valence-electron chi connectivity index (χ1n) is 11.2. The van der Waals surface area contributed by atoms with Crippen molar-refractivity contribution in [1.82, 2.24) is 9.88 Å². The number of aromatic nitrogens is 1. The van der Waals surface area contributed by atoms with E-state index in [1.54, 1.807) is 0 Å². The monoisotopic (exact) mass is 576 g/mol. The van der Waals surface area contributed by atoms with Gasteiger partial charge in [-0.3, -0.25) is 9.59 Å². The van der Waals surface area contributed by atoms with Crippen LogP contribution in [-0.4, -0.2) is 28.4 Å². The Balaban J connectivity index is 2.16. The molecule has 1 heterocycles. The first kappa shape index (κ1) is 29.9. The van der Waals surface area contributed by atoms with Crippen LogP contribution < -0.4 is 0 Å². The Morgan fingerprint density at radius 2 is 1.56 bits per heavy atom. The molecule has 0 bridgehead atoms. The molecule has 1 atom stereocenters. The normalized spacial score (nSPS) is 12.7. The summed E-state index contributed by atoms with van der Waals surface area (Å²) in [4.78, 5) is 29.2. The third-order valence-electron chi connectivity index (χ3n) is 5.77. The number of nitrogens with zero attached hydrogens (tertiary/aromatic N) is 2. The van der Waals surface area contributed by atoms with E-state index in [2.05, 4.69) is 4.98 Å². The number of esters is 1. The third-order valence-corrected chi connectivity index (χ3v) is 6.10. The lowest BCUT2D eigenvalue weighted by molar-refractivity contribution is -0.151. The summed E-state index contributed by atoms with van der Waals surface area (Å²) < 4.78 is 100. The molecule has 1 aromatic heterocycles. The predicted molar refractivity (Wildman–Crippen MR) is 127 cm³/mol. The Morgan fingerprint density at radius 1 is 0.974 bits per heavy atom. The molecule has 3 rings (SSSR count). The van der Waals surface area contributed by atoms with Gasteiger partial charge in [0.25, 0.3) is 5.91 Å². The van der Waals surface area contributed by atoms with Crippen molar-refractivity contribution < 1.29 is 45.1 Å². The zero-order chi connectivity index (χ0) is 29.1. The molecule has 0 aliphatic carbocycles. The van der Waals surface area contributed by atoms with Crippen LogP contribution in [0.1, 0.15) is 42.1 Å². The van der Waals surface area contributed by atoms with Gasteiger partial charge in [0, 0.05) is 24.2 Å². The minimum absolute atomic E-state index is 0.0322. The average molecular weight is 577 g/mol. The van der Waals surface area contributed by atoms with E-state index in [9.17, 15) is 40.3 Å². The van der Waals surface area contributed by atoms with Crippen molar-refractivity contribution in [2.45, 2.75) is 38.8 Å². The molecule has 0 aliphatic heterocycles. The number of rotatable bonds is 7. The highest BCUT2D eigenvalue weighted by atomic mass is 35.5. The van der Waals surface area contributed by atoms with Crippen molar-refractivity contribution in [1.29, 1.82) is 0 Å². The molecule has 5 nitrogen and oxygen atoms in total. The number of amides is 1. The van der Waals surface area contributed by atoms with Crippen molar-refractivity contribution in [3.8, 4) is 11.1 Å². The van der Waals surface area contributed by atoms with Crippen LogP contribution in [0.3, 0.4) is 0 Å². The molecule has 0 spiro atoms. The second-order valence-electron chi connectivity index (χ2n) is 8.42. The molecule has 2 aromatic carbocycles. The van der Waals surface area contributed by atoms with Crippen LogP contribution in [0.2, 0.25) is 5.15 Å². The molecular weight excluding hydrogens is 557 g/mol.